The molecule has 1 aliphatic heterocycles. The van der Waals surface area contributed by atoms with Gasteiger partial charge in [0.25, 0.3) is 5.56 Å². The van der Waals surface area contributed by atoms with Crippen LogP contribution in [0.15, 0.2) is 56.9 Å². The van der Waals surface area contributed by atoms with Crippen LogP contribution in [0.1, 0.15) is 11.1 Å². The summed E-state index contributed by atoms with van der Waals surface area (Å²) < 4.78 is 5.35. The Morgan fingerprint density at radius 3 is 2.86 bits per heavy atom. The molecule has 4 rings (SSSR count). The molecule has 1 aromatic carbocycles. The first-order valence-electron chi connectivity index (χ1n) is 6.52. The summed E-state index contributed by atoms with van der Waals surface area (Å²) in [5.41, 5.74) is 3.81. The molecular formula is C16H11N3O2. The molecule has 21 heavy (non-hydrogen) atoms. The lowest BCUT2D eigenvalue weighted by Gasteiger charge is -1.99. The molecule has 0 radical (unpaired) electrons. The molecule has 0 atom stereocenters. The lowest BCUT2D eigenvalue weighted by atomic mass is 10.0. The fourth-order valence-corrected chi connectivity index (χ4v) is 2.43. The summed E-state index contributed by atoms with van der Waals surface area (Å²) in [5.74, 6) is 0.614. The molecule has 2 aromatic heterocycles. The normalized spacial score (nSPS) is 14.8. The molecule has 0 unspecified atom stereocenters. The zero-order chi connectivity index (χ0) is 14.2. The van der Waals surface area contributed by atoms with Gasteiger partial charge in [0, 0.05) is 17.4 Å². The van der Waals surface area contributed by atoms with Crippen LogP contribution in [-0.4, -0.2) is 16.4 Å². The molecule has 0 bridgehead atoms. The van der Waals surface area contributed by atoms with Crippen molar-refractivity contribution in [3.8, 4) is 11.5 Å². The van der Waals surface area contributed by atoms with Crippen molar-refractivity contribution in [2.24, 2.45) is 4.99 Å². The maximum absolute atomic E-state index is 12.0. The van der Waals surface area contributed by atoms with Crippen LogP contribution in [0, 0.1) is 0 Å². The third-order valence-electron chi connectivity index (χ3n) is 3.44. The SMILES string of the molecule is O=c1[nH][nH]c(-c2ccco2)c1/C=C1\C=Nc2ccccc21. The van der Waals surface area contributed by atoms with Crippen molar-refractivity contribution in [3.63, 3.8) is 0 Å². The number of allylic oxidation sites excluding steroid dienone is 1. The second-order valence-corrected chi connectivity index (χ2v) is 4.72. The average Bonchev–Trinajstić information content (AvgIpc) is 3.21. The number of rotatable bonds is 2. The Morgan fingerprint density at radius 2 is 2.00 bits per heavy atom. The number of hydrogen-bond donors (Lipinski definition) is 2. The van der Waals surface area contributed by atoms with Gasteiger partial charge < -0.3 is 4.42 Å². The molecule has 0 amide bonds. The van der Waals surface area contributed by atoms with E-state index in [1.54, 1.807) is 24.6 Å². The molecule has 0 spiro atoms. The maximum atomic E-state index is 12.0. The molecule has 0 fully saturated rings. The monoisotopic (exact) mass is 277 g/mol. The standard InChI is InChI=1S/C16H11N3O2/c20-16-12(15(18-19-16)14-6-3-7-21-14)8-10-9-17-13-5-2-1-4-11(10)13/h1-9H,(H2,18,19,20)/b10-8+. The Hall–Kier alpha value is -3.08. The van der Waals surface area contributed by atoms with Gasteiger partial charge in [-0.05, 0) is 24.3 Å². The molecule has 5 nitrogen and oxygen atoms in total. The van der Waals surface area contributed by atoms with Crippen molar-refractivity contribution in [1.82, 2.24) is 10.2 Å². The van der Waals surface area contributed by atoms with Crippen LogP contribution in [0.2, 0.25) is 0 Å². The number of aromatic amines is 2. The van der Waals surface area contributed by atoms with Gasteiger partial charge in [0.05, 0.1) is 17.5 Å². The molecule has 3 aromatic rings. The fourth-order valence-electron chi connectivity index (χ4n) is 2.43. The van der Waals surface area contributed by atoms with Crippen LogP contribution in [0.5, 0.6) is 0 Å². The van der Waals surface area contributed by atoms with Crippen molar-refractivity contribution < 1.29 is 4.42 Å². The largest absolute Gasteiger partial charge is 0.463 e. The van der Waals surface area contributed by atoms with Gasteiger partial charge in [-0.25, -0.2) is 0 Å². The predicted molar refractivity (Wildman–Crippen MR) is 81.6 cm³/mol. The van der Waals surface area contributed by atoms with E-state index in [9.17, 15) is 4.79 Å². The average molecular weight is 277 g/mol. The molecule has 0 saturated carbocycles. The molecule has 5 heteroatoms. The van der Waals surface area contributed by atoms with Crippen molar-refractivity contribution >= 4 is 23.6 Å². The van der Waals surface area contributed by atoms with Gasteiger partial charge >= 0.3 is 0 Å². The van der Waals surface area contributed by atoms with E-state index in [0.717, 1.165) is 16.8 Å². The minimum absolute atomic E-state index is 0.188. The number of benzene rings is 1. The Balaban J connectivity index is 1.87. The quantitative estimate of drug-likeness (QED) is 0.754. The summed E-state index contributed by atoms with van der Waals surface area (Å²) in [7, 11) is 0. The topological polar surface area (TPSA) is 74.2 Å². The number of aromatic nitrogens is 2. The van der Waals surface area contributed by atoms with Crippen molar-refractivity contribution in [3.05, 3.63) is 64.1 Å². The van der Waals surface area contributed by atoms with E-state index in [1.807, 2.05) is 30.3 Å². The number of H-pyrrole nitrogens is 2. The van der Waals surface area contributed by atoms with Gasteiger partial charge in [-0.15, -0.1) is 0 Å². The highest BCUT2D eigenvalue weighted by atomic mass is 16.3. The van der Waals surface area contributed by atoms with Gasteiger partial charge in [0.2, 0.25) is 0 Å². The van der Waals surface area contributed by atoms with E-state index in [0.29, 0.717) is 17.0 Å². The van der Waals surface area contributed by atoms with Gasteiger partial charge in [-0.2, -0.15) is 0 Å². The van der Waals surface area contributed by atoms with Gasteiger partial charge in [0.1, 0.15) is 5.69 Å². The second kappa shape index (κ2) is 4.49. The minimum Gasteiger partial charge on any atom is -0.463 e. The Kier molecular flexibility index (Phi) is 2.50. The van der Waals surface area contributed by atoms with Crippen LogP contribution in [0.3, 0.4) is 0 Å². The summed E-state index contributed by atoms with van der Waals surface area (Å²) in [6, 6.07) is 11.4. The Bertz CT molecular complexity index is 911. The summed E-state index contributed by atoms with van der Waals surface area (Å²) >= 11 is 0. The highest BCUT2D eigenvalue weighted by molar-refractivity contribution is 6.21. The third-order valence-corrected chi connectivity index (χ3v) is 3.44. The van der Waals surface area contributed by atoms with Gasteiger partial charge in [-0.3, -0.25) is 20.0 Å². The Morgan fingerprint density at radius 1 is 1.10 bits per heavy atom. The predicted octanol–water partition coefficient (Wildman–Crippen LogP) is 3.22. The van der Waals surface area contributed by atoms with Crippen molar-refractivity contribution in [1.29, 1.82) is 0 Å². The van der Waals surface area contributed by atoms with Crippen molar-refractivity contribution in [2.45, 2.75) is 0 Å². The Labute approximate surface area is 119 Å². The third kappa shape index (κ3) is 1.87. The highest BCUT2D eigenvalue weighted by Gasteiger charge is 2.16. The molecule has 1 aliphatic rings. The van der Waals surface area contributed by atoms with E-state index < -0.39 is 0 Å². The summed E-state index contributed by atoms with van der Waals surface area (Å²) in [6.45, 7) is 0. The van der Waals surface area contributed by atoms with E-state index in [4.69, 9.17) is 4.42 Å². The van der Waals surface area contributed by atoms with E-state index >= 15 is 0 Å². The number of fused-ring (bicyclic) bond motifs is 1. The zero-order valence-electron chi connectivity index (χ0n) is 11.0. The van der Waals surface area contributed by atoms with Crippen LogP contribution < -0.4 is 5.56 Å². The minimum atomic E-state index is -0.188. The van der Waals surface area contributed by atoms with E-state index in [-0.39, 0.29) is 5.56 Å². The van der Waals surface area contributed by atoms with Gasteiger partial charge in [-0.1, -0.05) is 18.2 Å². The van der Waals surface area contributed by atoms with E-state index in [2.05, 4.69) is 15.2 Å². The first kappa shape index (κ1) is 11.7. The smallest absolute Gasteiger partial charge is 0.271 e. The number of hydrogen-bond acceptors (Lipinski definition) is 3. The van der Waals surface area contributed by atoms with Crippen molar-refractivity contribution in [2.75, 3.05) is 0 Å². The molecule has 3 heterocycles. The fraction of sp³-hybridized carbons (Fsp3) is 0. The van der Waals surface area contributed by atoms with Crippen LogP contribution in [-0.2, 0) is 0 Å². The number of nitrogens with one attached hydrogen (secondary N) is 2. The lowest BCUT2D eigenvalue weighted by Crippen LogP contribution is -2.02. The number of aliphatic imine (C=N–C) groups is 1. The number of para-hydroxylation sites is 1. The zero-order valence-corrected chi connectivity index (χ0v) is 11.0. The highest BCUT2D eigenvalue weighted by Crippen LogP contribution is 2.32. The first-order valence-corrected chi connectivity index (χ1v) is 6.52. The lowest BCUT2D eigenvalue weighted by molar-refractivity contribution is 0.579. The first-order chi connectivity index (χ1) is 10.3. The molecule has 0 aliphatic carbocycles. The molecule has 2 N–H and O–H groups in total. The van der Waals surface area contributed by atoms with Crippen LogP contribution >= 0.6 is 0 Å². The number of nitrogens with zero attached hydrogens (tertiary/aromatic N) is 1. The maximum Gasteiger partial charge on any atom is 0.271 e. The van der Waals surface area contributed by atoms with Crippen LogP contribution in [0.4, 0.5) is 5.69 Å². The number of furan rings is 1. The van der Waals surface area contributed by atoms with Gasteiger partial charge in [0.15, 0.2) is 5.76 Å². The van der Waals surface area contributed by atoms with Crippen LogP contribution in [0.25, 0.3) is 23.1 Å². The summed E-state index contributed by atoms with van der Waals surface area (Å²) in [4.78, 5) is 16.4. The molecule has 0 saturated heterocycles. The molecule has 102 valence electrons. The second-order valence-electron chi connectivity index (χ2n) is 4.72. The summed E-state index contributed by atoms with van der Waals surface area (Å²) in [5, 5.41) is 5.45. The molecular weight excluding hydrogens is 266 g/mol. The summed E-state index contributed by atoms with van der Waals surface area (Å²) in [6.07, 6.45) is 5.16. The van der Waals surface area contributed by atoms with E-state index in [1.165, 1.54) is 0 Å².